The number of carbonyl (C=O) groups is 1. The van der Waals surface area contributed by atoms with Crippen LogP contribution in [0.5, 0.6) is 0 Å². The van der Waals surface area contributed by atoms with Crippen molar-refractivity contribution in [1.29, 1.82) is 0 Å². The fourth-order valence-electron chi connectivity index (χ4n) is 4.15. The van der Waals surface area contributed by atoms with Crippen LogP contribution in [0.15, 0.2) is 18.2 Å². The molecule has 0 atom stereocenters. The molecule has 7 nitrogen and oxygen atoms in total. The van der Waals surface area contributed by atoms with Crippen molar-refractivity contribution >= 4 is 22.5 Å². The molecule has 7 heteroatoms. The molecule has 0 bridgehead atoms. The number of hydrogen-bond acceptors (Lipinski definition) is 5. The Morgan fingerprint density at radius 1 is 1.30 bits per heavy atom. The summed E-state index contributed by atoms with van der Waals surface area (Å²) in [6.07, 6.45) is 4.42. The summed E-state index contributed by atoms with van der Waals surface area (Å²) in [4.78, 5) is 14.7. The van der Waals surface area contributed by atoms with Crippen molar-refractivity contribution in [3.63, 3.8) is 0 Å². The van der Waals surface area contributed by atoms with Gasteiger partial charge in [0.05, 0.1) is 5.52 Å². The molecule has 0 spiro atoms. The minimum atomic E-state index is 0.0233. The predicted molar refractivity (Wildman–Crippen MR) is 102 cm³/mol. The van der Waals surface area contributed by atoms with Gasteiger partial charge in [-0.15, -0.1) is 5.10 Å². The van der Waals surface area contributed by atoms with Crippen molar-refractivity contribution in [1.82, 2.24) is 24.9 Å². The number of benzene rings is 1. The van der Waals surface area contributed by atoms with Gasteiger partial charge >= 0.3 is 0 Å². The Labute approximate surface area is 158 Å². The van der Waals surface area contributed by atoms with E-state index < -0.39 is 0 Å². The average molecular weight is 367 g/mol. The van der Waals surface area contributed by atoms with Gasteiger partial charge in [-0.25, -0.2) is 0 Å². The number of hydrogen-bond donors (Lipinski definition) is 0. The molecule has 0 unspecified atom stereocenters. The van der Waals surface area contributed by atoms with Crippen LogP contribution in [-0.2, 0) is 16.1 Å². The second kappa shape index (κ2) is 7.23. The van der Waals surface area contributed by atoms with Crippen LogP contribution in [0.25, 0.3) is 16.6 Å². The molecular weight excluding hydrogens is 342 g/mol. The van der Waals surface area contributed by atoms with Crippen molar-refractivity contribution in [2.45, 2.75) is 52.1 Å². The van der Waals surface area contributed by atoms with E-state index in [0.717, 1.165) is 29.3 Å². The van der Waals surface area contributed by atoms with Gasteiger partial charge in [0.2, 0.25) is 5.91 Å². The molecular formula is C20H25N5O2. The zero-order valence-corrected chi connectivity index (χ0v) is 16.1. The van der Waals surface area contributed by atoms with Crippen LogP contribution >= 0.6 is 0 Å². The van der Waals surface area contributed by atoms with Crippen LogP contribution in [-0.4, -0.2) is 50.6 Å². The molecule has 3 aromatic rings. The number of methoxy groups -OCH3 is 1. The Balaban J connectivity index is 1.80. The first-order valence-electron chi connectivity index (χ1n) is 9.48. The van der Waals surface area contributed by atoms with Gasteiger partial charge in [0, 0.05) is 30.6 Å². The van der Waals surface area contributed by atoms with E-state index in [1.54, 1.807) is 11.6 Å². The lowest BCUT2D eigenvalue weighted by molar-refractivity contribution is -0.138. The number of tetrazole rings is 1. The van der Waals surface area contributed by atoms with Crippen LogP contribution in [0.1, 0.15) is 42.4 Å². The molecule has 0 N–H and O–H groups in total. The lowest BCUT2D eigenvalue weighted by Gasteiger charge is -2.29. The normalized spacial score (nSPS) is 15.1. The number of rotatable bonds is 5. The molecule has 0 saturated heterocycles. The minimum absolute atomic E-state index is 0.0233. The van der Waals surface area contributed by atoms with E-state index >= 15 is 0 Å². The van der Waals surface area contributed by atoms with Gasteiger partial charge < -0.3 is 9.64 Å². The second-order valence-electron chi connectivity index (χ2n) is 7.42. The van der Waals surface area contributed by atoms with Crippen LogP contribution in [0.3, 0.4) is 0 Å². The third-order valence-corrected chi connectivity index (χ3v) is 5.73. The third kappa shape index (κ3) is 3.16. The maximum atomic E-state index is 12.7. The zero-order valence-electron chi connectivity index (χ0n) is 16.1. The van der Waals surface area contributed by atoms with E-state index in [4.69, 9.17) is 4.74 Å². The van der Waals surface area contributed by atoms with Crippen LogP contribution in [0.4, 0.5) is 0 Å². The van der Waals surface area contributed by atoms with Crippen LogP contribution in [0.2, 0.25) is 0 Å². The summed E-state index contributed by atoms with van der Waals surface area (Å²) in [5.74, 6) is 0.0233. The first kappa shape index (κ1) is 17.9. The molecule has 4 rings (SSSR count). The lowest BCUT2D eigenvalue weighted by atomic mass is 10.0. The highest BCUT2D eigenvalue weighted by Gasteiger charge is 2.28. The van der Waals surface area contributed by atoms with Crippen molar-refractivity contribution in [3.05, 3.63) is 34.9 Å². The molecule has 2 aromatic heterocycles. The van der Waals surface area contributed by atoms with E-state index in [-0.39, 0.29) is 18.6 Å². The number of carbonyl (C=O) groups excluding carboxylic acids is 1. The van der Waals surface area contributed by atoms with Gasteiger partial charge in [0.25, 0.3) is 0 Å². The smallest absolute Gasteiger partial charge is 0.249 e. The molecule has 2 heterocycles. The number of aromatic nitrogens is 4. The fraction of sp³-hybridized carbons (Fsp3) is 0.500. The van der Waals surface area contributed by atoms with Crippen LogP contribution < -0.4 is 0 Å². The molecule has 1 saturated carbocycles. The molecule has 142 valence electrons. The Morgan fingerprint density at radius 3 is 2.81 bits per heavy atom. The standard InChI is InChI=1S/C20H25N5O2/c1-13-8-9-15-10-16(20-21-22-23-25(20)19(15)14(13)2)11-24(18(26)12-27-3)17-6-4-5-7-17/h8-10,17H,4-7,11-12H2,1-3H3. The molecule has 1 aliphatic carbocycles. The molecule has 1 aromatic carbocycles. The Hall–Kier alpha value is -2.54. The van der Waals surface area contributed by atoms with E-state index in [9.17, 15) is 4.79 Å². The fourth-order valence-corrected chi connectivity index (χ4v) is 4.15. The monoisotopic (exact) mass is 367 g/mol. The first-order chi connectivity index (χ1) is 13.1. The summed E-state index contributed by atoms with van der Waals surface area (Å²) < 4.78 is 6.92. The van der Waals surface area contributed by atoms with E-state index in [0.29, 0.717) is 12.2 Å². The van der Waals surface area contributed by atoms with Crippen molar-refractivity contribution in [2.24, 2.45) is 0 Å². The molecule has 27 heavy (non-hydrogen) atoms. The molecule has 0 aliphatic heterocycles. The summed E-state index contributed by atoms with van der Waals surface area (Å²) in [5.41, 5.74) is 5.07. The van der Waals surface area contributed by atoms with E-state index in [1.165, 1.54) is 24.0 Å². The quantitative estimate of drug-likeness (QED) is 0.693. The number of ether oxygens (including phenoxy) is 1. The van der Waals surface area contributed by atoms with Gasteiger partial charge in [-0.1, -0.05) is 25.0 Å². The molecule has 1 fully saturated rings. The number of nitrogens with zero attached hydrogens (tertiary/aromatic N) is 5. The van der Waals surface area contributed by atoms with E-state index in [1.807, 2.05) is 4.90 Å². The molecule has 1 amide bonds. The highest BCUT2D eigenvalue weighted by Crippen LogP contribution is 2.28. The summed E-state index contributed by atoms with van der Waals surface area (Å²) in [7, 11) is 1.56. The second-order valence-corrected chi connectivity index (χ2v) is 7.42. The largest absolute Gasteiger partial charge is 0.375 e. The minimum Gasteiger partial charge on any atom is -0.375 e. The van der Waals surface area contributed by atoms with Gasteiger partial charge in [0.15, 0.2) is 5.65 Å². The van der Waals surface area contributed by atoms with E-state index in [2.05, 4.69) is 47.6 Å². The van der Waals surface area contributed by atoms with Gasteiger partial charge in [0.1, 0.15) is 6.61 Å². The molecule has 0 radical (unpaired) electrons. The Kier molecular flexibility index (Phi) is 4.78. The SMILES string of the molecule is COCC(=O)N(Cc1cc2ccc(C)c(C)c2n2nnnc12)C1CCCC1. The number of pyridine rings is 1. The maximum absolute atomic E-state index is 12.7. The third-order valence-electron chi connectivity index (χ3n) is 5.73. The Morgan fingerprint density at radius 2 is 2.07 bits per heavy atom. The first-order valence-corrected chi connectivity index (χ1v) is 9.48. The van der Waals surface area contributed by atoms with Gasteiger partial charge in [-0.2, -0.15) is 4.52 Å². The number of fused-ring (bicyclic) bond motifs is 3. The highest BCUT2D eigenvalue weighted by atomic mass is 16.5. The molecule has 1 aliphatic rings. The summed E-state index contributed by atoms with van der Waals surface area (Å²) in [6.45, 7) is 4.78. The lowest BCUT2D eigenvalue weighted by Crippen LogP contribution is -2.40. The predicted octanol–water partition coefficient (Wildman–Crippen LogP) is 2.81. The van der Waals surface area contributed by atoms with Crippen molar-refractivity contribution in [2.75, 3.05) is 13.7 Å². The van der Waals surface area contributed by atoms with Crippen molar-refractivity contribution in [3.8, 4) is 0 Å². The summed E-state index contributed by atoms with van der Waals surface area (Å²) in [5, 5.41) is 13.5. The Bertz CT molecular complexity index is 991. The zero-order chi connectivity index (χ0) is 19.0. The number of amides is 1. The average Bonchev–Trinajstić information content (AvgIpc) is 3.34. The highest BCUT2D eigenvalue weighted by molar-refractivity contribution is 5.87. The van der Waals surface area contributed by atoms with Gasteiger partial charge in [-0.3, -0.25) is 4.79 Å². The maximum Gasteiger partial charge on any atom is 0.249 e. The summed E-state index contributed by atoms with van der Waals surface area (Å²) >= 11 is 0. The van der Waals surface area contributed by atoms with Crippen LogP contribution in [0, 0.1) is 13.8 Å². The number of aryl methyl sites for hydroxylation is 2. The van der Waals surface area contributed by atoms with Crippen molar-refractivity contribution < 1.29 is 9.53 Å². The summed E-state index contributed by atoms with van der Waals surface area (Å²) in [6, 6.07) is 6.59. The topological polar surface area (TPSA) is 72.6 Å². The van der Waals surface area contributed by atoms with Gasteiger partial charge in [-0.05, 0) is 54.3 Å².